The molecule has 0 fully saturated rings. The van der Waals surface area contributed by atoms with Gasteiger partial charge in [0.15, 0.2) is 0 Å². The minimum absolute atomic E-state index is 0.555. The number of nitrogens with zero attached hydrogens (tertiary/aromatic N) is 2. The van der Waals surface area contributed by atoms with Crippen molar-refractivity contribution in [1.82, 2.24) is 15.1 Å². The van der Waals surface area contributed by atoms with Gasteiger partial charge in [-0.1, -0.05) is 20.8 Å². The Morgan fingerprint density at radius 2 is 2.00 bits per heavy atom. The lowest BCUT2D eigenvalue weighted by Crippen LogP contribution is -2.15. The highest BCUT2D eigenvalue weighted by Gasteiger charge is 2.12. The van der Waals surface area contributed by atoms with Crippen molar-refractivity contribution in [2.75, 3.05) is 6.54 Å². The third-order valence-electron chi connectivity index (χ3n) is 3.18. The van der Waals surface area contributed by atoms with E-state index in [2.05, 4.69) is 42.8 Å². The van der Waals surface area contributed by atoms with E-state index in [1.807, 2.05) is 6.20 Å². The molecule has 92 valence electrons. The average molecular weight is 223 g/mol. The number of nitrogens with one attached hydrogen (secondary N) is 1. The first kappa shape index (κ1) is 13.2. The van der Waals surface area contributed by atoms with Crippen LogP contribution in [-0.2, 0) is 6.54 Å². The molecule has 1 aromatic rings. The minimum Gasteiger partial charge on any atom is -0.313 e. The highest BCUT2D eigenvalue weighted by atomic mass is 15.3. The first-order valence-corrected chi connectivity index (χ1v) is 6.48. The summed E-state index contributed by atoms with van der Waals surface area (Å²) in [7, 11) is 0. The summed E-state index contributed by atoms with van der Waals surface area (Å²) in [5.41, 5.74) is 2.65. The largest absolute Gasteiger partial charge is 0.313 e. The highest BCUT2D eigenvalue weighted by Crippen LogP contribution is 2.18. The molecule has 3 heteroatoms. The van der Waals surface area contributed by atoms with Gasteiger partial charge >= 0.3 is 0 Å². The smallest absolute Gasteiger partial charge is 0.0537 e. The van der Waals surface area contributed by atoms with Crippen LogP contribution in [0.3, 0.4) is 0 Å². The summed E-state index contributed by atoms with van der Waals surface area (Å²) in [5.74, 6) is 0. The topological polar surface area (TPSA) is 29.9 Å². The first-order valence-electron chi connectivity index (χ1n) is 6.48. The Labute approximate surface area is 99.2 Å². The fourth-order valence-electron chi connectivity index (χ4n) is 2.04. The van der Waals surface area contributed by atoms with E-state index < -0.39 is 0 Å². The van der Waals surface area contributed by atoms with Crippen LogP contribution in [0.5, 0.6) is 0 Å². The van der Waals surface area contributed by atoms with Crippen molar-refractivity contribution < 1.29 is 0 Å². The van der Waals surface area contributed by atoms with Crippen molar-refractivity contribution in [2.24, 2.45) is 0 Å². The lowest BCUT2D eigenvalue weighted by molar-refractivity contribution is 0.419. The fourth-order valence-corrected chi connectivity index (χ4v) is 2.04. The Morgan fingerprint density at radius 1 is 1.31 bits per heavy atom. The van der Waals surface area contributed by atoms with E-state index in [1.165, 1.54) is 17.7 Å². The number of hydrogen-bond donors (Lipinski definition) is 1. The van der Waals surface area contributed by atoms with Gasteiger partial charge in [-0.05, 0) is 32.7 Å². The Bertz CT molecular complexity index is 300. The molecule has 0 radical (unpaired) electrons. The minimum atomic E-state index is 0.555. The van der Waals surface area contributed by atoms with Crippen LogP contribution < -0.4 is 5.32 Å². The maximum atomic E-state index is 4.51. The molecular formula is C13H25N3. The van der Waals surface area contributed by atoms with E-state index in [4.69, 9.17) is 0 Å². The van der Waals surface area contributed by atoms with Crippen LogP contribution in [0.15, 0.2) is 6.20 Å². The molecule has 0 aliphatic heterocycles. The van der Waals surface area contributed by atoms with Crippen molar-refractivity contribution in [3.05, 3.63) is 17.5 Å². The van der Waals surface area contributed by atoms with E-state index in [-0.39, 0.29) is 0 Å². The standard InChI is InChI=1S/C13H25N3/c1-5-8-14-9-12-10-15-16(11(12)4)13(6-2)7-3/h10,13-14H,5-9H2,1-4H3. The molecule has 0 spiro atoms. The Hall–Kier alpha value is -0.830. The van der Waals surface area contributed by atoms with E-state index in [0.29, 0.717) is 6.04 Å². The molecule has 1 heterocycles. The van der Waals surface area contributed by atoms with Crippen LogP contribution in [0.1, 0.15) is 57.3 Å². The van der Waals surface area contributed by atoms with Crippen molar-refractivity contribution >= 4 is 0 Å². The van der Waals surface area contributed by atoms with E-state index in [9.17, 15) is 0 Å². The first-order chi connectivity index (χ1) is 7.74. The van der Waals surface area contributed by atoms with E-state index in [1.54, 1.807) is 0 Å². The predicted molar refractivity (Wildman–Crippen MR) is 68.6 cm³/mol. The van der Waals surface area contributed by atoms with Crippen molar-refractivity contribution in [3.63, 3.8) is 0 Å². The summed E-state index contributed by atoms with van der Waals surface area (Å²) in [6.45, 7) is 10.8. The third-order valence-corrected chi connectivity index (χ3v) is 3.18. The summed E-state index contributed by atoms with van der Waals surface area (Å²) < 4.78 is 2.18. The maximum absolute atomic E-state index is 4.51. The van der Waals surface area contributed by atoms with Gasteiger partial charge in [-0.15, -0.1) is 0 Å². The molecule has 1 N–H and O–H groups in total. The number of rotatable bonds is 7. The van der Waals surface area contributed by atoms with Gasteiger partial charge in [-0.25, -0.2) is 0 Å². The van der Waals surface area contributed by atoms with Gasteiger partial charge < -0.3 is 5.32 Å². The molecule has 0 atom stereocenters. The van der Waals surface area contributed by atoms with Gasteiger partial charge in [-0.2, -0.15) is 5.10 Å². The molecular weight excluding hydrogens is 198 g/mol. The fraction of sp³-hybridized carbons (Fsp3) is 0.769. The van der Waals surface area contributed by atoms with Crippen molar-refractivity contribution in [1.29, 1.82) is 0 Å². The van der Waals surface area contributed by atoms with Crippen LogP contribution in [0.25, 0.3) is 0 Å². The molecule has 1 aromatic heterocycles. The molecule has 0 aromatic carbocycles. The number of hydrogen-bond acceptors (Lipinski definition) is 2. The van der Waals surface area contributed by atoms with Crippen molar-refractivity contribution in [2.45, 2.75) is 59.5 Å². The molecule has 0 saturated carbocycles. The summed E-state index contributed by atoms with van der Waals surface area (Å²) in [5, 5.41) is 7.94. The number of aromatic nitrogens is 2. The summed E-state index contributed by atoms with van der Waals surface area (Å²) in [6, 6.07) is 0.555. The normalized spacial score (nSPS) is 11.3. The molecule has 1 rings (SSSR count). The lowest BCUT2D eigenvalue weighted by atomic mass is 10.1. The SMILES string of the molecule is CCCNCc1cnn(C(CC)CC)c1C. The molecule has 0 saturated heterocycles. The molecule has 16 heavy (non-hydrogen) atoms. The van der Waals surface area contributed by atoms with Gasteiger partial charge in [0.25, 0.3) is 0 Å². The summed E-state index contributed by atoms with van der Waals surface area (Å²) >= 11 is 0. The quantitative estimate of drug-likeness (QED) is 0.720. The Morgan fingerprint density at radius 3 is 2.56 bits per heavy atom. The predicted octanol–water partition coefficient (Wildman–Crippen LogP) is 3.05. The van der Waals surface area contributed by atoms with Gasteiger partial charge in [-0.3, -0.25) is 4.68 Å². The summed E-state index contributed by atoms with van der Waals surface area (Å²) in [6.07, 6.45) is 5.50. The third kappa shape index (κ3) is 3.08. The average Bonchev–Trinajstić information content (AvgIpc) is 2.64. The zero-order valence-corrected chi connectivity index (χ0v) is 11.1. The Kier molecular flexibility index (Phi) is 5.53. The van der Waals surface area contributed by atoms with Gasteiger partial charge in [0.1, 0.15) is 0 Å². The highest BCUT2D eigenvalue weighted by molar-refractivity contribution is 5.16. The van der Waals surface area contributed by atoms with Gasteiger partial charge in [0.05, 0.1) is 12.2 Å². The zero-order chi connectivity index (χ0) is 12.0. The van der Waals surface area contributed by atoms with Gasteiger partial charge in [0, 0.05) is 17.8 Å². The van der Waals surface area contributed by atoms with Crippen LogP contribution in [0.2, 0.25) is 0 Å². The van der Waals surface area contributed by atoms with Crippen LogP contribution >= 0.6 is 0 Å². The molecule has 0 unspecified atom stereocenters. The monoisotopic (exact) mass is 223 g/mol. The van der Waals surface area contributed by atoms with Crippen LogP contribution in [0, 0.1) is 6.92 Å². The molecule has 0 bridgehead atoms. The lowest BCUT2D eigenvalue weighted by Gasteiger charge is -2.15. The summed E-state index contributed by atoms with van der Waals surface area (Å²) in [4.78, 5) is 0. The van der Waals surface area contributed by atoms with Crippen LogP contribution in [-0.4, -0.2) is 16.3 Å². The molecule has 3 nitrogen and oxygen atoms in total. The maximum Gasteiger partial charge on any atom is 0.0537 e. The molecule has 0 aliphatic carbocycles. The van der Waals surface area contributed by atoms with Gasteiger partial charge in [0.2, 0.25) is 0 Å². The zero-order valence-electron chi connectivity index (χ0n) is 11.1. The second kappa shape index (κ2) is 6.69. The molecule has 0 aliphatic rings. The van der Waals surface area contributed by atoms with E-state index >= 15 is 0 Å². The second-order valence-electron chi connectivity index (χ2n) is 4.35. The Balaban J connectivity index is 2.67. The molecule has 0 amide bonds. The van der Waals surface area contributed by atoms with Crippen LogP contribution in [0.4, 0.5) is 0 Å². The van der Waals surface area contributed by atoms with Crippen molar-refractivity contribution in [3.8, 4) is 0 Å². The van der Waals surface area contributed by atoms with E-state index in [0.717, 1.165) is 25.9 Å². The second-order valence-corrected chi connectivity index (χ2v) is 4.35.